The highest BCUT2D eigenvalue weighted by Gasteiger charge is 2.32. The Bertz CT molecular complexity index is 769. The van der Waals surface area contributed by atoms with E-state index >= 15 is 0 Å². The van der Waals surface area contributed by atoms with Crippen LogP contribution in [0.15, 0.2) is 20.0 Å². The number of sulfone groups is 1. The lowest BCUT2D eigenvalue weighted by molar-refractivity contribution is 0.0924. The van der Waals surface area contributed by atoms with Crippen molar-refractivity contribution < 1.29 is 26.0 Å². The molecule has 1 aromatic heterocycles. The van der Waals surface area contributed by atoms with E-state index in [-0.39, 0.29) is 27.6 Å². The lowest BCUT2D eigenvalue weighted by atomic mass is 10.2. The first-order valence-corrected chi connectivity index (χ1v) is 10.7. The van der Waals surface area contributed by atoms with Crippen molar-refractivity contribution in [1.29, 1.82) is 0 Å². The molecule has 118 valence electrons. The van der Waals surface area contributed by atoms with Crippen LogP contribution >= 0.6 is 26.6 Å². The van der Waals surface area contributed by atoms with Crippen LogP contribution in [0.4, 0.5) is 0 Å². The number of carbonyl (C=O) groups excluding carboxylic acids is 1. The second kappa shape index (κ2) is 5.90. The van der Waals surface area contributed by atoms with Gasteiger partial charge in [0.05, 0.1) is 11.0 Å². The van der Waals surface area contributed by atoms with Gasteiger partial charge < -0.3 is 9.73 Å². The van der Waals surface area contributed by atoms with Gasteiger partial charge in [-0.2, -0.15) is 0 Å². The smallest absolute Gasteiger partial charge is 0.287 e. The Labute approximate surface area is 134 Å². The normalized spacial score (nSPS) is 21.3. The summed E-state index contributed by atoms with van der Waals surface area (Å²) in [5.41, 5.74) is 0. The van der Waals surface area contributed by atoms with Crippen LogP contribution in [0.5, 0.6) is 0 Å². The van der Waals surface area contributed by atoms with Crippen molar-refractivity contribution in [3.05, 3.63) is 16.5 Å². The number of halogens is 2. The number of hydrogen-bond acceptors (Lipinski definition) is 6. The zero-order chi connectivity index (χ0) is 15.8. The predicted molar refractivity (Wildman–Crippen MR) is 78.6 cm³/mol. The van der Waals surface area contributed by atoms with Crippen LogP contribution in [-0.4, -0.2) is 40.3 Å². The van der Waals surface area contributed by atoms with E-state index in [1.165, 1.54) is 0 Å². The summed E-state index contributed by atoms with van der Waals surface area (Å²) in [7, 11) is -2.03. The molecule has 2 heterocycles. The molecule has 0 aliphatic carbocycles. The number of nitrogens with one attached hydrogen (secondary N) is 1. The fraction of sp³-hybridized carbons (Fsp3) is 0.500. The van der Waals surface area contributed by atoms with Crippen LogP contribution in [0.25, 0.3) is 0 Å². The van der Waals surface area contributed by atoms with Crippen LogP contribution < -0.4 is 5.32 Å². The van der Waals surface area contributed by atoms with Crippen LogP contribution in [0, 0.1) is 0 Å². The van der Waals surface area contributed by atoms with Crippen LogP contribution in [0.1, 0.15) is 23.4 Å². The van der Waals surface area contributed by atoms with E-state index in [0.29, 0.717) is 12.8 Å². The lowest BCUT2D eigenvalue weighted by Gasteiger charge is -2.09. The molecule has 0 bridgehead atoms. The fourth-order valence-corrected chi connectivity index (χ4v) is 5.81. The van der Waals surface area contributed by atoms with Gasteiger partial charge in [0, 0.05) is 23.3 Å². The molecule has 1 amide bonds. The quantitative estimate of drug-likeness (QED) is 0.735. The first-order valence-electron chi connectivity index (χ1n) is 5.85. The molecular weight excluding hydrogens is 410 g/mol. The summed E-state index contributed by atoms with van der Waals surface area (Å²) in [5.74, 6) is -0.852. The maximum Gasteiger partial charge on any atom is 0.287 e. The largest absolute Gasteiger partial charge is 0.443 e. The molecule has 1 atom stereocenters. The lowest BCUT2D eigenvalue weighted by Crippen LogP contribution is -2.34. The Morgan fingerprint density at radius 3 is 2.67 bits per heavy atom. The Morgan fingerprint density at radius 1 is 1.52 bits per heavy atom. The van der Waals surface area contributed by atoms with Gasteiger partial charge in [0.15, 0.2) is 20.3 Å². The van der Waals surface area contributed by atoms with Gasteiger partial charge in [0.1, 0.15) is 4.90 Å². The van der Waals surface area contributed by atoms with Gasteiger partial charge in [0.2, 0.25) is 0 Å². The van der Waals surface area contributed by atoms with E-state index in [9.17, 15) is 21.6 Å². The standard InChI is InChI=1S/C10H11BrClNO6S2/c11-9-8(21(12,17)18)4-7(19-9)10(14)13-5-6-2-1-3-20(6,15)16/h4,6H,1-3,5H2,(H,13,14). The Hall–Kier alpha value is -0.580. The molecule has 2 rings (SSSR count). The molecule has 1 aliphatic heterocycles. The minimum atomic E-state index is -4.04. The van der Waals surface area contributed by atoms with Crippen molar-refractivity contribution >= 4 is 51.4 Å². The molecule has 1 unspecified atom stereocenters. The summed E-state index contributed by atoms with van der Waals surface area (Å²) in [6, 6.07) is 0.977. The van der Waals surface area contributed by atoms with Gasteiger partial charge in [-0.15, -0.1) is 0 Å². The first-order chi connectivity index (χ1) is 9.61. The van der Waals surface area contributed by atoms with E-state index in [1.54, 1.807) is 0 Å². The molecule has 7 nitrogen and oxygen atoms in total. The first kappa shape index (κ1) is 16.8. The predicted octanol–water partition coefficient (Wildman–Crippen LogP) is 1.28. The second-order valence-electron chi connectivity index (χ2n) is 4.53. The van der Waals surface area contributed by atoms with Crippen molar-refractivity contribution in [2.75, 3.05) is 12.3 Å². The highest BCUT2D eigenvalue weighted by atomic mass is 79.9. The summed E-state index contributed by atoms with van der Waals surface area (Å²) in [6.07, 6.45) is 1.07. The third-order valence-corrected chi connectivity index (χ3v) is 7.55. The fourth-order valence-electron chi connectivity index (χ4n) is 2.01. The van der Waals surface area contributed by atoms with Crippen molar-refractivity contribution in [2.45, 2.75) is 23.0 Å². The Balaban J connectivity index is 2.08. The number of amides is 1. The maximum absolute atomic E-state index is 11.8. The van der Waals surface area contributed by atoms with Gasteiger partial charge in [-0.25, -0.2) is 16.8 Å². The number of rotatable bonds is 4. The summed E-state index contributed by atoms with van der Waals surface area (Å²) in [4.78, 5) is 11.5. The monoisotopic (exact) mass is 419 g/mol. The molecule has 1 aromatic rings. The van der Waals surface area contributed by atoms with Gasteiger partial charge in [-0.1, -0.05) is 0 Å². The molecule has 1 fully saturated rings. The number of carbonyl (C=O) groups is 1. The maximum atomic E-state index is 11.8. The van der Waals surface area contributed by atoms with Gasteiger partial charge >= 0.3 is 0 Å². The molecular formula is C10H11BrClNO6S2. The molecule has 21 heavy (non-hydrogen) atoms. The average Bonchev–Trinajstić information content (AvgIpc) is 2.88. The zero-order valence-electron chi connectivity index (χ0n) is 10.5. The molecule has 1 saturated heterocycles. The van der Waals surface area contributed by atoms with Crippen LogP contribution in [-0.2, 0) is 18.9 Å². The number of furan rings is 1. The highest BCUT2D eigenvalue weighted by Crippen LogP contribution is 2.28. The number of hydrogen-bond donors (Lipinski definition) is 1. The molecule has 0 spiro atoms. The van der Waals surface area contributed by atoms with Gasteiger partial charge in [0.25, 0.3) is 15.0 Å². The van der Waals surface area contributed by atoms with Crippen LogP contribution in [0.2, 0.25) is 0 Å². The zero-order valence-corrected chi connectivity index (χ0v) is 14.5. The average molecular weight is 421 g/mol. The Kier molecular flexibility index (Phi) is 4.72. The summed E-state index contributed by atoms with van der Waals surface area (Å²) >= 11 is 2.85. The second-order valence-corrected chi connectivity index (χ2v) is 10.2. The third-order valence-electron chi connectivity index (χ3n) is 3.10. The minimum Gasteiger partial charge on any atom is -0.443 e. The summed E-state index contributed by atoms with van der Waals surface area (Å²) < 4.78 is 50.4. The topological polar surface area (TPSA) is 111 Å². The molecule has 1 N–H and O–H groups in total. The summed E-state index contributed by atoms with van der Waals surface area (Å²) in [5, 5.41) is 1.80. The molecule has 0 saturated carbocycles. The molecule has 0 radical (unpaired) electrons. The van der Waals surface area contributed by atoms with Crippen LogP contribution in [0.3, 0.4) is 0 Å². The van der Waals surface area contributed by atoms with E-state index in [0.717, 1.165) is 6.07 Å². The minimum absolute atomic E-state index is 0.0392. The molecule has 0 aromatic carbocycles. The third kappa shape index (κ3) is 3.79. The van der Waals surface area contributed by atoms with E-state index in [4.69, 9.17) is 15.1 Å². The molecule has 1 aliphatic rings. The van der Waals surface area contributed by atoms with E-state index in [1.807, 2.05) is 0 Å². The van der Waals surface area contributed by atoms with E-state index < -0.39 is 30.0 Å². The van der Waals surface area contributed by atoms with Gasteiger partial charge in [-0.05, 0) is 28.8 Å². The van der Waals surface area contributed by atoms with Crippen molar-refractivity contribution in [1.82, 2.24) is 5.32 Å². The summed E-state index contributed by atoms with van der Waals surface area (Å²) in [6.45, 7) is -0.0392. The molecule has 11 heteroatoms. The van der Waals surface area contributed by atoms with Crippen molar-refractivity contribution in [3.8, 4) is 0 Å². The highest BCUT2D eigenvalue weighted by molar-refractivity contribution is 9.10. The van der Waals surface area contributed by atoms with Crippen molar-refractivity contribution in [2.24, 2.45) is 0 Å². The van der Waals surface area contributed by atoms with Crippen molar-refractivity contribution in [3.63, 3.8) is 0 Å². The Morgan fingerprint density at radius 2 is 2.19 bits per heavy atom. The SMILES string of the molecule is O=C(NCC1CCCS1(=O)=O)c1cc(S(=O)(=O)Cl)c(Br)o1. The van der Waals surface area contributed by atoms with Gasteiger partial charge in [-0.3, -0.25) is 4.79 Å². The van der Waals surface area contributed by atoms with E-state index in [2.05, 4.69) is 21.2 Å².